The van der Waals surface area contributed by atoms with Gasteiger partial charge in [0, 0.05) is 28.9 Å². The Morgan fingerprint density at radius 1 is 0.872 bits per heavy atom. The van der Waals surface area contributed by atoms with E-state index in [9.17, 15) is 13.2 Å². The number of anilines is 1. The van der Waals surface area contributed by atoms with E-state index >= 15 is 0 Å². The predicted molar refractivity (Wildman–Crippen MR) is 189 cm³/mol. The van der Waals surface area contributed by atoms with Gasteiger partial charge in [-0.25, -0.2) is 14.0 Å². The van der Waals surface area contributed by atoms with Crippen molar-refractivity contribution in [3.63, 3.8) is 0 Å². The molecule has 10 heteroatoms. The highest BCUT2D eigenvalue weighted by molar-refractivity contribution is 7.92. The summed E-state index contributed by atoms with van der Waals surface area (Å²) in [7, 11) is -3.97. The summed E-state index contributed by atoms with van der Waals surface area (Å²) in [5, 5.41) is 1.00. The van der Waals surface area contributed by atoms with E-state index in [0.717, 1.165) is 32.4 Å². The molecule has 1 aliphatic heterocycles. The average Bonchev–Trinajstić information content (AvgIpc) is 3.60. The number of halogens is 2. The Morgan fingerprint density at radius 2 is 1.57 bits per heavy atom. The minimum atomic E-state index is -3.97. The van der Waals surface area contributed by atoms with Crippen molar-refractivity contribution in [2.24, 2.45) is 0 Å². The third-order valence-corrected chi connectivity index (χ3v) is 11.1. The van der Waals surface area contributed by atoms with Crippen molar-refractivity contribution >= 4 is 45.0 Å². The Morgan fingerprint density at radius 3 is 2.23 bits per heavy atom. The van der Waals surface area contributed by atoms with Gasteiger partial charge in [0.2, 0.25) is 0 Å². The van der Waals surface area contributed by atoms with Crippen molar-refractivity contribution in [1.82, 2.24) is 14.3 Å². The molecule has 0 atom stereocenters. The zero-order valence-corrected chi connectivity index (χ0v) is 28.2. The van der Waals surface area contributed by atoms with E-state index in [1.165, 1.54) is 43.2 Å². The van der Waals surface area contributed by atoms with E-state index in [0.29, 0.717) is 39.5 Å². The molecule has 1 aliphatic carbocycles. The summed E-state index contributed by atoms with van der Waals surface area (Å²) in [6.45, 7) is 1.54. The number of aryl methyl sites for hydroxylation is 1. The Kier molecular flexibility index (Phi) is 8.59. The number of aromatic nitrogens is 2. The summed E-state index contributed by atoms with van der Waals surface area (Å²) in [5.41, 5.74) is 8.08. The van der Waals surface area contributed by atoms with Crippen LogP contribution in [0.1, 0.15) is 60.5 Å². The van der Waals surface area contributed by atoms with Crippen molar-refractivity contribution in [2.45, 2.75) is 51.4 Å². The molecular formula is C37H34Cl2N4O3S. The van der Waals surface area contributed by atoms with Crippen LogP contribution in [0, 0.1) is 6.92 Å². The van der Waals surface area contributed by atoms with Crippen LogP contribution in [0.15, 0.2) is 91.1 Å². The van der Waals surface area contributed by atoms with Gasteiger partial charge in [0.05, 0.1) is 16.4 Å². The highest BCUT2D eigenvalue weighted by Crippen LogP contribution is 2.35. The second-order valence-electron chi connectivity index (χ2n) is 12.4. The third kappa shape index (κ3) is 6.55. The molecule has 240 valence electrons. The zero-order valence-electron chi connectivity index (χ0n) is 25.9. The van der Waals surface area contributed by atoms with Crippen LogP contribution in [0.3, 0.4) is 0 Å². The number of carbonyl (C=O) groups is 1. The highest BCUT2D eigenvalue weighted by Gasteiger charge is 2.35. The lowest BCUT2D eigenvalue weighted by atomic mass is 9.83. The van der Waals surface area contributed by atoms with Gasteiger partial charge in [0.1, 0.15) is 12.4 Å². The van der Waals surface area contributed by atoms with E-state index in [1.807, 2.05) is 35.9 Å². The molecule has 1 aromatic heterocycles. The maximum atomic E-state index is 12.7. The monoisotopic (exact) mass is 684 g/mol. The molecule has 0 unspecified atom stereocenters. The molecule has 2 fully saturated rings. The molecule has 1 N–H and O–H groups in total. The average molecular weight is 686 g/mol. The summed E-state index contributed by atoms with van der Waals surface area (Å²) < 4.78 is 30.5. The minimum absolute atomic E-state index is 0.273. The number of hydrogen-bond acceptors (Lipinski definition) is 4. The minimum Gasteiger partial charge on any atom is -0.303 e. The van der Waals surface area contributed by atoms with E-state index < -0.39 is 16.1 Å². The number of benzene rings is 4. The number of hydrogen-bond donors (Lipinski definition) is 1. The lowest BCUT2D eigenvalue weighted by Gasteiger charge is -2.22. The lowest BCUT2D eigenvalue weighted by Crippen LogP contribution is -2.30. The Hall–Kier alpha value is -4.11. The summed E-state index contributed by atoms with van der Waals surface area (Å²) in [4.78, 5) is 17.0. The smallest absolute Gasteiger partial charge is 0.303 e. The van der Waals surface area contributed by atoms with Gasteiger partial charge in [-0.15, -0.1) is 0 Å². The summed E-state index contributed by atoms with van der Waals surface area (Å²) in [6, 6.07) is 28.4. The number of nitrogens with one attached hydrogen (secondary N) is 1. The topological polar surface area (TPSA) is 84.3 Å². The van der Waals surface area contributed by atoms with Crippen molar-refractivity contribution in [3.05, 3.63) is 124 Å². The molecule has 7 nitrogen and oxygen atoms in total. The first-order chi connectivity index (χ1) is 22.6. The number of amides is 1. The Bertz CT molecular complexity index is 2070. The van der Waals surface area contributed by atoms with Crippen LogP contribution in [0.25, 0.3) is 28.1 Å². The van der Waals surface area contributed by atoms with Crippen LogP contribution in [-0.4, -0.2) is 30.4 Å². The molecule has 0 spiro atoms. The molecule has 0 bridgehead atoms. The van der Waals surface area contributed by atoms with Crippen LogP contribution in [0.2, 0.25) is 10.0 Å². The van der Waals surface area contributed by atoms with Gasteiger partial charge in [0.25, 0.3) is 5.91 Å². The Labute approximate surface area is 285 Å². The predicted octanol–water partition coefficient (Wildman–Crippen LogP) is 8.64. The molecule has 7 rings (SSSR count). The first-order valence-electron chi connectivity index (χ1n) is 15.8. The van der Waals surface area contributed by atoms with Crippen LogP contribution in [0.4, 0.5) is 5.69 Å². The van der Waals surface area contributed by atoms with E-state index in [2.05, 4.69) is 53.3 Å². The van der Waals surface area contributed by atoms with Crippen LogP contribution in [-0.2, 0) is 21.4 Å². The van der Waals surface area contributed by atoms with Gasteiger partial charge in [-0.05, 0) is 83.8 Å². The van der Waals surface area contributed by atoms with Crippen LogP contribution < -0.4 is 9.03 Å². The summed E-state index contributed by atoms with van der Waals surface area (Å²) >= 11 is 12.8. The molecule has 47 heavy (non-hydrogen) atoms. The largest absolute Gasteiger partial charge is 0.326 e. The zero-order chi connectivity index (χ0) is 32.7. The lowest BCUT2D eigenvalue weighted by molar-refractivity contribution is -0.117. The van der Waals surface area contributed by atoms with Gasteiger partial charge in [-0.3, -0.25) is 4.79 Å². The quantitative estimate of drug-likeness (QED) is 0.186. The fraction of sp³-hybridized carbons (Fsp3) is 0.243. The number of carbonyl (C=O) groups excluding carboxylic acids is 1. The summed E-state index contributed by atoms with van der Waals surface area (Å²) in [5.74, 6) is 0.852. The van der Waals surface area contributed by atoms with Crippen molar-refractivity contribution in [1.29, 1.82) is 0 Å². The number of imidazole rings is 1. The second-order valence-corrected chi connectivity index (χ2v) is 14.8. The molecule has 1 saturated heterocycles. The molecule has 5 aromatic rings. The van der Waals surface area contributed by atoms with Gasteiger partial charge >= 0.3 is 10.2 Å². The standard InChI is InChI=1S/C37H34Cl2N4O3S/c1-24-7-17-31(21-35(24)43-23-37(44)41-47(43,45)46)42-22-34(32-18-16-30(38)20-33(32)39)40-36(42)19-25-8-10-27(11-9-25)29-14-12-28(13-15-29)26-5-3-2-4-6-26/h7-18,20-22,26H,2-6,19,23H2,1H3,(H,41,44). The van der Waals surface area contributed by atoms with Gasteiger partial charge in [0.15, 0.2) is 0 Å². The fourth-order valence-electron chi connectivity index (χ4n) is 6.65. The molecule has 0 radical (unpaired) electrons. The van der Waals surface area contributed by atoms with Crippen molar-refractivity contribution in [3.8, 4) is 28.1 Å². The van der Waals surface area contributed by atoms with Gasteiger partial charge in [-0.1, -0.05) is 97.1 Å². The Balaban J connectivity index is 1.21. The molecule has 2 heterocycles. The molecule has 1 saturated carbocycles. The van der Waals surface area contributed by atoms with Gasteiger partial charge in [-0.2, -0.15) is 8.42 Å². The maximum absolute atomic E-state index is 12.7. The van der Waals surface area contributed by atoms with Crippen LogP contribution >= 0.6 is 23.2 Å². The van der Waals surface area contributed by atoms with Crippen molar-refractivity contribution in [2.75, 3.05) is 10.8 Å². The first kappa shape index (κ1) is 31.5. The highest BCUT2D eigenvalue weighted by atomic mass is 35.5. The number of rotatable bonds is 7. The van der Waals surface area contributed by atoms with E-state index in [-0.39, 0.29) is 6.54 Å². The van der Waals surface area contributed by atoms with Crippen molar-refractivity contribution < 1.29 is 13.2 Å². The normalized spacial score (nSPS) is 16.4. The van der Waals surface area contributed by atoms with E-state index in [4.69, 9.17) is 28.2 Å². The number of nitrogens with zero attached hydrogens (tertiary/aromatic N) is 3. The van der Waals surface area contributed by atoms with E-state index in [1.54, 1.807) is 18.2 Å². The summed E-state index contributed by atoms with van der Waals surface area (Å²) in [6.07, 6.45) is 8.98. The third-order valence-electron chi connectivity index (χ3n) is 9.18. The maximum Gasteiger partial charge on any atom is 0.326 e. The molecule has 2 aliphatic rings. The molecule has 4 aromatic carbocycles. The second kappa shape index (κ2) is 12.8. The van der Waals surface area contributed by atoms with Gasteiger partial charge < -0.3 is 4.57 Å². The van der Waals surface area contributed by atoms with Crippen LogP contribution in [0.5, 0.6) is 0 Å². The first-order valence-corrected chi connectivity index (χ1v) is 18.0. The SMILES string of the molecule is Cc1ccc(-n2cc(-c3ccc(Cl)cc3Cl)nc2Cc2ccc(-c3ccc(C4CCCCC4)cc3)cc2)cc1N1CC(=O)NS1(=O)=O. The fourth-order valence-corrected chi connectivity index (χ4v) is 8.36. The molecular weight excluding hydrogens is 651 g/mol. The molecule has 1 amide bonds.